The first-order valence-electron chi connectivity index (χ1n) is 6.60. The molecule has 0 saturated carbocycles. The van der Waals surface area contributed by atoms with Crippen LogP contribution in [0.2, 0.25) is 0 Å². The lowest BCUT2D eigenvalue weighted by Gasteiger charge is -2.15. The normalized spacial score (nSPS) is 14.8. The fraction of sp³-hybridized carbons (Fsp3) is 0.333. The van der Waals surface area contributed by atoms with Crippen LogP contribution in [0.3, 0.4) is 0 Å². The van der Waals surface area contributed by atoms with Gasteiger partial charge in [-0.1, -0.05) is 0 Å². The van der Waals surface area contributed by atoms with Crippen LogP contribution >= 0.6 is 11.8 Å². The van der Waals surface area contributed by atoms with Crippen molar-refractivity contribution in [3.05, 3.63) is 29.5 Å². The molecule has 0 fully saturated rings. The number of hydrogen-bond acceptors (Lipinski definition) is 5. The number of fused-ring (bicyclic) bond motifs is 3. The summed E-state index contributed by atoms with van der Waals surface area (Å²) >= 11 is 1.84. The van der Waals surface area contributed by atoms with Crippen LogP contribution in [0.1, 0.15) is 18.1 Å². The number of aromatic nitrogens is 1. The molecule has 1 atom stereocenters. The van der Waals surface area contributed by atoms with Crippen LogP contribution in [0.25, 0.3) is 10.9 Å². The van der Waals surface area contributed by atoms with E-state index in [0.717, 1.165) is 28.8 Å². The van der Waals surface area contributed by atoms with E-state index in [9.17, 15) is 10.4 Å². The minimum absolute atomic E-state index is 0.421. The summed E-state index contributed by atoms with van der Waals surface area (Å²) in [5, 5.41) is 23.0. The number of anilines is 1. The Morgan fingerprint density at radius 2 is 2.40 bits per heavy atom. The molecule has 0 amide bonds. The van der Waals surface area contributed by atoms with E-state index >= 15 is 0 Å². The lowest BCUT2D eigenvalue weighted by Crippen LogP contribution is -2.16. The molecule has 102 valence electrons. The van der Waals surface area contributed by atoms with Crippen LogP contribution < -0.4 is 5.32 Å². The third kappa shape index (κ3) is 2.21. The van der Waals surface area contributed by atoms with E-state index < -0.39 is 6.10 Å². The van der Waals surface area contributed by atoms with Crippen LogP contribution in [0.4, 0.5) is 5.69 Å². The van der Waals surface area contributed by atoms with Gasteiger partial charge in [0.15, 0.2) is 0 Å². The highest BCUT2D eigenvalue weighted by atomic mass is 32.2. The summed E-state index contributed by atoms with van der Waals surface area (Å²) in [4.78, 5) is 5.66. The molecule has 0 bridgehead atoms. The molecule has 3 rings (SSSR count). The Balaban J connectivity index is 2.22. The van der Waals surface area contributed by atoms with Crippen molar-refractivity contribution in [3.63, 3.8) is 0 Å². The summed E-state index contributed by atoms with van der Waals surface area (Å²) in [6, 6.07) is 6.29. The molecule has 1 aromatic heterocycles. The van der Waals surface area contributed by atoms with Crippen molar-refractivity contribution in [1.29, 1.82) is 5.26 Å². The summed E-state index contributed by atoms with van der Waals surface area (Å²) in [6.07, 6.45) is 2.13. The molecule has 2 N–H and O–H groups in total. The third-order valence-electron chi connectivity index (χ3n) is 3.40. The number of benzene rings is 1. The van der Waals surface area contributed by atoms with E-state index in [1.165, 1.54) is 10.5 Å². The maximum atomic E-state index is 9.48. The number of aliphatic hydroxyl groups excluding tert-OH is 1. The number of nitriles is 1. The zero-order valence-electron chi connectivity index (χ0n) is 11.2. The zero-order chi connectivity index (χ0) is 14.1. The molecule has 2 heterocycles. The van der Waals surface area contributed by atoms with Gasteiger partial charge < -0.3 is 10.4 Å². The highest BCUT2D eigenvalue weighted by molar-refractivity contribution is 7.99. The molecule has 1 aromatic carbocycles. The molecule has 1 aliphatic heterocycles. The average Bonchev–Trinajstić information content (AvgIpc) is 2.92. The van der Waals surface area contributed by atoms with Crippen molar-refractivity contribution in [2.24, 2.45) is 0 Å². The van der Waals surface area contributed by atoms with Crippen LogP contribution in [0.5, 0.6) is 0 Å². The Hall–Kier alpha value is -1.77. The summed E-state index contributed by atoms with van der Waals surface area (Å²) in [5.41, 5.74) is 3.50. The topological polar surface area (TPSA) is 68.9 Å². The predicted octanol–water partition coefficient (Wildman–Crippen LogP) is 2.55. The van der Waals surface area contributed by atoms with E-state index in [1.807, 2.05) is 17.8 Å². The van der Waals surface area contributed by atoms with E-state index in [2.05, 4.69) is 22.4 Å². The number of nitrogens with zero attached hydrogens (tertiary/aromatic N) is 2. The summed E-state index contributed by atoms with van der Waals surface area (Å²) in [7, 11) is 0. The maximum absolute atomic E-state index is 9.48. The van der Waals surface area contributed by atoms with E-state index in [-0.39, 0.29) is 0 Å². The van der Waals surface area contributed by atoms with Gasteiger partial charge in [-0.2, -0.15) is 5.26 Å². The molecule has 4 nitrogen and oxygen atoms in total. The number of hydrogen-bond donors (Lipinski definition) is 2. The van der Waals surface area contributed by atoms with Gasteiger partial charge in [-0.25, -0.2) is 0 Å². The van der Waals surface area contributed by atoms with Gasteiger partial charge in [-0.15, -0.1) is 11.8 Å². The van der Waals surface area contributed by atoms with Gasteiger partial charge in [0.2, 0.25) is 0 Å². The van der Waals surface area contributed by atoms with Gasteiger partial charge in [0, 0.05) is 28.8 Å². The molecule has 1 unspecified atom stereocenters. The Labute approximate surface area is 121 Å². The minimum Gasteiger partial charge on any atom is -0.392 e. The van der Waals surface area contributed by atoms with Crippen LogP contribution in [-0.2, 0) is 6.42 Å². The van der Waals surface area contributed by atoms with Gasteiger partial charge in [-0.05, 0) is 31.0 Å². The Kier molecular flexibility index (Phi) is 3.51. The fourth-order valence-corrected chi connectivity index (χ4v) is 3.57. The third-order valence-corrected chi connectivity index (χ3v) is 4.51. The highest BCUT2D eigenvalue weighted by Gasteiger charge is 2.19. The molecule has 20 heavy (non-hydrogen) atoms. The number of pyridine rings is 1. The monoisotopic (exact) mass is 285 g/mol. The molecule has 5 heteroatoms. The lowest BCUT2D eigenvalue weighted by molar-refractivity contribution is 0.208. The maximum Gasteiger partial charge on any atom is 0.103 e. The number of nitrogens with one attached hydrogen (secondary N) is 1. The predicted molar refractivity (Wildman–Crippen MR) is 81.1 cm³/mol. The first-order valence-corrected chi connectivity index (χ1v) is 7.58. The molecule has 2 aromatic rings. The van der Waals surface area contributed by atoms with Crippen LogP contribution in [0, 0.1) is 11.3 Å². The Bertz CT molecular complexity index is 706. The van der Waals surface area contributed by atoms with Crippen molar-refractivity contribution >= 4 is 28.4 Å². The molecule has 0 radical (unpaired) electrons. The van der Waals surface area contributed by atoms with Gasteiger partial charge in [-0.3, -0.25) is 4.98 Å². The minimum atomic E-state index is -0.462. The summed E-state index contributed by atoms with van der Waals surface area (Å²) in [6.45, 7) is 2.15. The SMILES string of the molecule is CC(O)CNc1c(C#N)cnc2ccc3c(c12)CCS3. The average molecular weight is 285 g/mol. The first-order chi connectivity index (χ1) is 9.70. The van der Waals surface area contributed by atoms with Crippen molar-refractivity contribution in [2.45, 2.75) is 24.3 Å². The van der Waals surface area contributed by atoms with Crippen LogP contribution in [0.15, 0.2) is 23.2 Å². The summed E-state index contributed by atoms with van der Waals surface area (Å²) in [5.74, 6) is 1.07. The molecule has 1 aliphatic rings. The number of thioether (sulfide) groups is 1. The van der Waals surface area contributed by atoms with Gasteiger partial charge >= 0.3 is 0 Å². The molecule has 0 aliphatic carbocycles. The zero-order valence-corrected chi connectivity index (χ0v) is 12.0. The summed E-state index contributed by atoms with van der Waals surface area (Å²) < 4.78 is 0. The molecular weight excluding hydrogens is 270 g/mol. The second-order valence-corrected chi connectivity index (χ2v) is 6.06. The number of rotatable bonds is 3. The van der Waals surface area contributed by atoms with Gasteiger partial charge in [0.25, 0.3) is 0 Å². The van der Waals surface area contributed by atoms with Crippen molar-refractivity contribution in [1.82, 2.24) is 4.98 Å². The van der Waals surface area contributed by atoms with Gasteiger partial charge in [0.05, 0.1) is 22.9 Å². The van der Waals surface area contributed by atoms with Crippen LogP contribution in [-0.4, -0.2) is 28.5 Å². The highest BCUT2D eigenvalue weighted by Crippen LogP contribution is 2.39. The molecule has 0 spiro atoms. The Morgan fingerprint density at radius 3 is 3.15 bits per heavy atom. The van der Waals surface area contributed by atoms with Crippen molar-refractivity contribution in [2.75, 3.05) is 17.6 Å². The van der Waals surface area contributed by atoms with Gasteiger partial charge in [0.1, 0.15) is 6.07 Å². The van der Waals surface area contributed by atoms with Crippen molar-refractivity contribution < 1.29 is 5.11 Å². The van der Waals surface area contributed by atoms with Crippen molar-refractivity contribution in [3.8, 4) is 6.07 Å². The van der Waals surface area contributed by atoms with E-state index in [1.54, 1.807) is 13.1 Å². The smallest absolute Gasteiger partial charge is 0.103 e. The largest absolute Gasteiger partial charge is 0.392 e. The second kappa shape index (κ2) is 5.31. The quantitative estimate of drug-likeness (QED) is 0.907. The standard InChI is InChI=1S/C15H15N3OS/c1-9(19)7-18-15-10(6-16)8-17-12-2-3-13-11(14(12)15)4-5-20-13/h2-3,8-9,19H,4-5,7H2,1H3,(H,17,18). The second-order valence-electron chi connectivity index (χ2n) is 4.92. The Morgan fingerprint density at radius 1 is 1.55 bits per heavy atom. The number of aryl methyl sites for hydroxylation is 1. The molecule has 0 saturated heterocycles. The fourth-order valence-electron chi connectivity index (χ4n) is 2.50. The number of aliphatic hydroxyl groups is 1. The van der Waals surface area contributed by atoms with E-state index in [0.29, 0.717) is 12.1 Å². The lowest BCUT2D eigenvalue weighted by atomic mass is 10.0. The first kappa shape index (κ1) is 13.2. The molecular formula is C15H15N3OS. The van der Waals surface area contributed by atoms with E-state index in [4.69, 9.17) is 0 Å².